The van der Waals surface area contributed by atoms with Crippen LogP contribution < -0.4 is 0 Å². The van der Waals surface area contributed by atoms with Crippen LogP contribution in [0.4, 0.5) is 0 Å². The molecule has 0 saturated carbocycles. The lowest BCUT2D eigenvalue weighted by molar-refractivity contribution is -0.870. The zero-order valence-electron chi connectivity index (χ0n) is 44.3. The minimum absolute atomic E-state index is 0.0255. The number of unbranched alkanes of at least 4 members (excludes halogenated alkanes) is 21. The summed E-state index contributed by atoms with van der Waals surface area (Å²) in [4.78, 5) is 35.6. The molecule has 0 radical (unpaired) electrons. The number of quaternary nitrogens is 1. The fourth-order valence-electron chi connectivity index (χ4n) is 7.19. The summed E-state index contributed by atoms with van der Waals surface area (Å²) in [6.45, 7) is 4.30. The molecule has 10 heteroatoms. The lowest BCUT2D eigenvalue weighted by Crippen LogP contribution is -2.37. The van der Waals surface area contributed by atoms with Gasteiger partial charge in [0.1, 0.15) is 19.8 Å². The number of allylic oxidation sites excluding steroid dienone is 14. The number of esters is 2. The largest absolute Gasteiger partial charge is 0.472 e. The van der Waals surface area contributed by atoms with Crippen LogP contribution in [0.1, 0.15) is 219 Å². The molecule has 392 valence electrons. The van der Waals surface area contributed by atoms with E-state index in [-0.39, 0.29) is 32.0 Å². The third kappa shape index (κ3) is 52.6. The second kappa shape index (κ2) is 49.2. The number of ether oxygens (including phenoxy) is 2. The number of hydrogen-bond donors (Lipinski definition) is 1. The smallest absolute Gasteiger partial charge is 0.462 e. The van der Waals surface area contributed by atoms with Crippen molar-refractivity contribution in [3.63, 3.8) is 0 Å². The molecule has 0 saturated heterocycles. The van der Waals surface area contributed by atoms with E-state index in [0.29, 0.717) is 17.4 Å². The minimum Gasteiger partial charge on any atom is -0.462 e. The van der Waals surface area contributed by atoms with E-state index >= 15 is 0 Å². The van der Waals surface area contributed by atoms with E-state index in [0.717, 1.165) is 96.3 Å². The summed E-state index contributed by atoms with van der Waals surface area (Å²) in [7, 11) is 1.46. The van der Waals surface area contributed by atoms with Gasteiger partial charge in [-0.3, -0.25) is 18.6 Å². The van der Waals surface area contributed by atoms with Crippen molar-refractivity contribution in [2.45, 2.75) is 225 Å². The van der Waals surface area contributed by atoms with Gasteiger partial charge >= 0.3 is 19.8 Å². The average Bonchev–Trinajstić information content (AvgIpc) is 3.30. The zero-order valence-corrected chi connectivity index (χ0v) is 45.2. The predicted octanol–water partition coefficient (Wildman–Crippen LogP) is 16.7. The Morgan fingerprint density at radius 1 is 0.471 bits per heavy atom. The first-order chi connectivity index (χ1) is 33.0. The molecule has 2 atom stereocenters. The highest BCUT2D eigenvalue weighted by molar-refractivity contribution is 7.47. The number of likely N-dealkylation sites (N-methyl/N-ethyl adjacent to an activating group) is 1. The lowest BCUT2D eigenvalue weighted by atomic mass is 10.1. The van der Waals surface area contributed by atoms with E-state index in [2.05, 4.69) is 98.9 Å². The third-order valence-corrected chi connectivity index (χ3v) is 12.4. The summed E-state index contributed by atoms with van der Waals surface area (Å²) < 4.78 is 34.5. The Morgan fingerprint density at radius 3 is 1.26 bits per heavy atom. The molecule has 2 unspecified atom stereocenters. The molecule has 0 aromatic heterocycles. The van der Waals surface area contributed by atoms with Crippen molar-refractivity contribution in [1.82, 2.24) is 0 Å². The predicted molar refractivity (Wildman–Crippen MR) is 289 cm³/mol. The Bertz CT molecular complexity index is 1420. The van der Waals surface area contributed by atoms with Gasteiger partial charge in [0, 0.05) is 12.8 Å². The second-order valence-corrected chi connectivity index (χ2v) is 20.7. The summed E-state index contributed by atoms with van der Waals surface area (Å²) in [5, 5.41) is 0. The van der Waals surface area contributed by atoms with Crippen molar-refractivity contribution in [3.8, 4) is 0 Å². The average molecular weight is 973 g/mol. The van der Waals surface area contributed by atoms with Crippen LogP contribution >= 0.6 is 7.82 Å². The molecule has 0 aromatic carbocycles. The van der Waals surface area contributed by atoms with Crippen LogP contribution in [-0.2, 0) is 32.7 Å². The molecular weight excluding hydrogens is 870 g/mol. The molecule has 0 aliphatic heterocycles. The van der Waals surface area contributed by atoms with E-state index in [1.165, 1.54) is 89.9 Å². The van der Waals surface area contributed by atoms with Crippen molar-refractivity contribution in [2.75, 3.05) is 47.5 Å². The normalized spacial score (nSPS) is 14.0. The van der Waals surface area contributed by atoms with E-state index in [4.69, 9.17) is 18.5 Å². The molecule has 0 aliphatic rings. The Balaban J connectivity index is 4.24. The van der Waals surface area contributed by atoms with Crippen molar-refractivity contribution >= 4 is 19.8 Å². The van der Waals surface area contributed by atoms with Gasteiger partial charge in [0.05, 0.1) is 27.7 Å². The summed E-state index contributed by atoms with van der Waals surface area (Å²) in [5.41, 5.74) is 0. The maximum Gasteiger partial charge on any atom is 0.472 e. The van der Waals surface area contributed by atoms with E-state index in [9.17, 15) is 19.0 Å². The molecule has 0 aromatic rings. The molecule has 0 fully saturated rings. The van der Waals surface area contributed by atoms with Gasteiger partial charge in [-0.15, -0.1) is 0 Å². The maximum atomic E-state index is 12.8. The molecule has 9 nitrogen and oxygen atoms in total. The molecular formula is C58H103NO8P+. The quantitative estimate of drug-likeness (QED) is 0.0211. The van der Waals surface area contributed by atoms with Crippen LogP contribution in [-0.4, -0.2) is 74.9 Å². The molecule has 0 bridgehead atoms. The van der Waals surface area contributed by atoms with Crippen LogP contribution in [0.25, 0.3) is 0 Å². The van der Waals surface area contributed by atoms with E-state index < -0.39 is 26.5 Å². The summed E-state index contributed by atoms with van der Waals surface area (Å²) in [5.74, 6) is -0.814. The SMILES string of the molecule is CC/C=C\C/C=C\C/C=C\C/C=C\C/C=C\C/C=C\CCCCCCCCCCC(=O)OC(COC(=O)CCCCCCCCC/C=C\CCCCCCCC)COP(=O)(O)OCC[N+](C)(C)C. The maximum absolute atomic E-state index is 12.8. The summed E-state index contributed by atoms with van der Waals surface area (Å²) >= 11 is 0. The topological polar surface area (TPSA) is 108 Å². The minimum atomic E-state index is -4.39. The number of hydrogen-bond acceptors (Lipinski definition) is 7. The van der Waals surface area contributed by atoms with Gasteiger partial charge in [-0.05, 0) is 89.9 Å². The first kappa shape index (κ1) is 65.2. The summed E-state index contributed by atoms with van der Waals surface area (Å²) in [6, 6.07) is 0. The number of carbonyl (C=O) groups excluding carboxylic acids is 2. The number of phosphoric ester groups is 1. The molecule has 0 rings (SSSR count). The van der Waals surface area contributed by atoms with Crippen molar-refractivity contribution in [3.05, 3.63) is 85.1 Å². The first-order valence-electron chi connectivity index (χ1n) is 27.3. The second-order valence-electron chi connectivity index (χ2n) is 19.2. The summed E-state index contributed by atoms with van der Waals surface area (Å²) in [6.07, 6.45) is 64.9. The molecule has 1 N–H and O–H groups in total. The van der Waals surface area contributed by atoms with Gasteiger partial charge < -0.3 is 18.9 Å². The molecule has 0 aliphatic carbocycles. The van der Waals surface area contributed by atoms with Crippen molar-refractivity contribution in [1.29, 1.82) is 0 Å². The number of carbonyl (C=O) groups is 2. The highest BCUT2D eigenvalue weighted by Gasteiger charge is 2.27. The number of rotatable bonds is 49. The fraction of sp³-hybridized carbons (Fsp3) is 0.724. The van der Waals surface area contributed by atoms with Crippen LogP contribution in [0.15, 0.2) is 85.1 Å². The molecule has 0 spiro atoms. The van der Waals surface area contributed by atoms with Gasteiger partial charge in [0.2, 0.25) is 0 Å². The third-order valence-electron chi connectivity index (χ3n) is 11.4. The zero-order chi connectivity index (χ0) is 49.9. The Hall–Kier alpha value is -2.81. The first-order valence-corrected chi connectivity index (χ1v) is 28.8. The fourth-order valence-corrected chi connectivity index (χ4v) is 7.93. The van der Waals surface area contributed by atoms with Crippen LogP contribution in [0.5, 0.6) is 0 Å². The Kier molecular flexibility index (Phi) is 47.2. The lowest BCUT2D eigenvalue weighted by Gasteiger charge is -2.24. The molecule has 0 amide bonds. The number of phosphoric acid groups is 1. The highest BCUT2D eigenvalue weighted by atomic mass is 31.2. The van der Waals surface area contributed by atoms with E-state index in [1.807, 2.05) is 21.1 Å². The van der Waals surface area contributed by atoms with Crippen LogP contribution in [0.3, 0.4) is 0 Å². The van der Waals surface area contributed by atoms with Crippen molar-refractivity contribution < 1.29 is 42.1 Å². The monoisotopic (exact) mass is 973 g/mol. The van der Waals surface area contributed by atoms with Gasteiger partial charge in [0.15, 0.2) is 6.10 Å². The Labute approximate surface area is 418 Å². The van der Waals surface area contributed by atoms with Gasteiger partial charge in [-0.2, -0.15) is 0 Å². The van der Waals surface area contributed by atoms with E-state index in [1.54, 1.807) is 0 Å². The van der Waals surface area contributed by atoms with Gasteiger partial charge in [-0.25, -0.2) is 4.57 Å². The molecule has 0 heterocycles. The van der Waals surface area contributed by atoms with Crippen molar-refractivity contribution in [2.24, 2.45) is 0 Å². The van der Waals surface area contributed by atoms with Gasteiger partial charge in [0.25, 0.3) is 0 Å². The molecule has 68 heavy (non-hydrogen) atoms. The van der Waals surface area contributed by atoms with Crippen LogP contribution in [0, 0.1) is 0 Å². The van der Waals surface area contributed by atoms with Gasteiger partial charge in [-0.1, -0.05) is 202 Å². The highest BCUT2D eigenvalue weighted by Crippen LogP contribution is 2.43. The van der Waals surface area contributed by atoms with Crippen LogP contribution in [0.2, 0.25) is 0 Å². The number of nitrogens with zero attached hydrogens (tertiary/aromatic N) is 1. The standard InChI is InChI=1S/C58H102NO8P/c1-6-8-10-12-14-16-18-20-22-24-25-26-27-28-29-30-31-32-33-35-37-39-41-43-45-47-49-51-58(61)67-56(55-66-68(62,63)65-53-52-59(3,4)5)54-64-57(60)50-48-46-44-42-40-38-36-34-23-21-19-17-15-13-11-9-7-2/h8,10,14,16,20-23,25-26,28-29,31-32,56H,6-7,9,11-13,15,17-19,24,27,30,33-55H2,1-5H3/p+1/b10-8-,16-14-,22-20-,23-21-,26-25-,29-28-,32-31-. The Morgan fingerprint density at radius 2 is 0.838 bits per heavy atom.